The third-order valence-corrected chi connectivity index (χ3v) is 3.43. The van der Waals surface area contributed by atoms with Crippen molar-refractivity contribution < 1.29 is 23.4 Å². The first kappa shape index (κ1) is 19.4. The van der Waals surface area contributed by atoms with Gasteiger partial charge in [0.2, 0.25) is 5.75 Å². The second-order valence-electron chi connectivity index (χ2n) is 5.29. The lowest BCUT2D eigenvalue weighted by Gasteiger charge is -2.17. The molecule has 0 bridgehead atoms. The Kier molecular flexibility index (Phi) is 6.66. The van der Waals surface area contributed by atoms with Gasteiger partial charge in [0, 0.05) is 11.3 Å². The van der Waals surface area contributed by atoms with Gasteiger partial charge < -0.3 is 25.3 Å². The fraction of sp³-hybridized carbons (Fsp3) is 0.316. The average Bonchev–Trinajstić information content (AvgIpc) is 2.61. The van der Waals surface area contributed by atoms with E-state index >= 15 is 0 Å². The topological polar surface area (TPSA) is 82.8 Å². The van der Waals surface area contributed by atoms with Crippen LogP contribution in [0, 0.1) is 5.82 Å². The van der Waals surface area contributed by atoms with Crippen LogP contribution in [-0.4, -0.2) is 25.7 Å². The normalized spacial score (nSPS) is 10.3. The Balaban J connectivity index is 2.36. The van der Waals surface area contributed by atoms with E-state index in [0.29, 0.717) is 48.3 Å². The van der Waals surface area contributed by atoms with Crippen molar-refractivity contribution in [2.75, 3.05) is 30.9 Å². The van der Waals surface area contributed by atoms with Crippen LogP contribution >= 0.6 is 0 Å². The van der Waals surface area contributed by atoms with Crippen molar-refractivity contribution in [2.24, 2.45) is 0 Å². The molecular weight excluding hydrogens is 339 g/mol. The quantitative estimate of drug-likeness (QED) is 0.697. The summed E-state index contributed by atoms with van der Waals surface area (Å²) in [5, 5.41) is 2.68. The molecule has 2 aromatic carbocycles. The largest absolute Gasteiger partial charge is 0.490 e. The molecule has 7 heteroatoms. The zero-order valence-corrected chi connectivity index (χ0v) is 15.1. The number of nitrogens with one attached hydrogen (secondary N) is 1. The number of nitrogen functional groups attached to an aromatic ring is 1. The van der Waals surface area contributed by atoms with E-state index in [1.54, 1.807) is 12.1 Å². The first-order valence-corrected chi connectivity index (χ1v) is 8.42. The maximum absolute atomic E-state index is 13.3. The van der Waals surface area contributed by atoms with Gasteiger partial charge in [0.05, 0.1) is 25.5 Å². The number of halogens is 1. The van der Waals surface area contributed by atoms with Crippen LogP contribution in [0.2, 0.25) is 0 Å². The Morgan fingerprint density at radius 1 is 1.00 bits per heavy atom. The molecule has 0 aliphatic carbocycles. The van der Waals surface area contributed by atoms with Gasteiger partial charge in [-0.25, -0.2) is 4.39 Å². The minimum Gasteiger partial charge on any atom is -0.490 e. The number of carbonyl (C=O) groups is 1. The maximum Gasteiger partial charge on any atom is 0.255 e. The molecule has 0 spiro atoms. The predicted octanol–water partition coefficient (Wildman–Crippen LogP) is 3.86. The molecule has 2 rings (SSSR count). The zero-order valence-electron chi connectivity index (χ0n) is 15.1. The maximum atomic E-state index is 13.3. The molecule has 0 heterocycles. The molecule has 3 N–H and O–H groups in total. The molecule has 0 saturated heterocycles. The van der Waals surface area contributed by atoms with Crippen molar-refractivity contribution in [3.8, 4) is 17.2 Å². The Hall–Kier alpha value is -2.96. The van der Waals surface area contributed by atoms with Gasteiger partial charge in [-0.2, -0.15) is 0 Å². The minimum atomic E-state index is -0.540. The fourth-order valence-electron chi connectivity index (χ4n) is 2.34. The molecule has 0 fully saturated rings. The smallest absolute Gasteiger partial charge is 0.255 e. The van der Waals surface area contributed by atoms with Crippen LogP contribution in [-0.2, 0) is 0 Å². The summed E-state index contributed by atoms with van der Waals surface area (Å²) < 4.78 is 30.1. The third-order valence-electron chi connectivity index (χ3n) is 3.43. The highest BCUT2D eigenvalue weighted by molar-refractivity contribution is 6.05. The Morgan fingerprint density at radius 3 is 2.08 bits per heavy atom. The molecule has 140 valence electrons. The van der Waals surface area contributed by atoms with Gasteiger partial charge in [-0.1, -0.05) is 0 Å². The minimum absolute atomic E-state index is 0.0421. The summed E-state index contributed by atoms with van der Waals surface area (Å²) in [6.45, 7) is 6.77. The second-order valence-corrected chi connectivity index (χ2v) is 5.29. The molecule has 6 nitrogen and oxygen atoms in total. The van der Waals surface area contributed by atoms with Gasteiger partial charge in [-0.15, -0.1) is 0 Å². The van der Waals surface area contributed by atoms with Crippen molar-refractivity contribution in [3.05, 3.63) is 41.7 Å². The van der Waals surface area contributed by atoms with Crippen molar-refractivity contribution in [1.82, 2.24) is 0 Å². The average molecular weight is 362 g/mol. The summed E-state index contributed by atoms with van der Waals surface area (Å²) >= 11 is 0. The SMILES string of the molecule is CCOc1cc(C(=O)Nc2ccc(F)c(N)c2)cc(OCC)c1OCC. The predicted molar refractivity (Wildman–Crippen MR) is 98.7 cm³/mol. The number of anilines is 2. The van der Waals surface area contributed by atoms with Gasteiger partial charge in [-0.3, -0.25) is 4.79 Å². The van der Waals surface area contributed by atoms with Crippen LogP contribution in [0.3, 0.4) is 0 Å². The van der Waals surface area contributed by atoms with Crippen LogP contribution < -0.4 is 25.3 Å². The lowest BCUT2D eigenvalue weighted by Crippen LogP contribution is -2.13. The molecule has 0 aliphatic heterocycles. The highest BCUT2D eigenvalue weighted by Gasteiger charge is 2.18. The van der Waals surface area contributed by atoms with E-state index < -0.39 is 11.7 Å². The summed E-state index contributed by atoms with van der Waals surface area (Å²) in [6, 6.07) is 7.15. The van der Waals surface area contributed by atoms with Crippen LogP contribution in [0.15, 0.2) is 30.3 Å². The van der Waals surface area contributed by atoms with Gasteiger partial charge in [0.15, 0.2) is 11.5 Å². The van der Waals surface area contributed by atoms with Crippen molar-refractivity contribution >= 4 is 17.3 Å². The van der Waals surface area contributed by atoms with Crippen molar-refractivity contribution in [2.45, 2.75) is 20.8 Å². The van der Waals surface area contributed by atoms with E-state index in [9.17, 15) is 9.18 Å². The number of nitrogens with two attached hydrogens (primary N) is 1. The zero-order chi connectivity index (χ0) is 19.1. The highest BCUT2D eigenvalue weighted by Crippen LogP contribution is 2.39. The molecule has 0 unspecified atom stereocenters. The third kappa shape index (κ3) is 4.56. The summed E-state index contributed by atoms with van der Waals surface area (Å²) in [5.74, 6) is 0.356. The Morgan fingerprint density at radius 2 is 1.58 bits per heavy atom. The summed E-state index contributed by atoms with van der Waals surface area (Å²) in [7, 11) is 0. The van der Waals surface area contributed by atoms with Gasteiger partial charge in [0.25, 0.3) is 5.91 Å². The molecule has 0 aliphatic rings. The van der Waals surface area contributed by atoms with E-state index in [1.807, 2.05) is 20.8 Å². The highest BCUT2D eigenvalue weighted by atomic mass is 19.1. The van der Waals surface area contributed by atoms with E-state index in [2.05, 4.69) is 5.32 Å². The van der Waals surface area contributed by atoms with E-state index in [-0.39, 0.29) is 5.69 Å². The fourth-order valence-corrected chi connectivity index (χ4v) is 2.34. The number of ether oxygens (including phenoxy) is 3. The van der Waals surface area contributed by atoms with Crippen LogP contribution in [0.4, 0.5) is 15.8 Å². The van der Waals surface area contributed by atoms with Crippen LogP contribution in [0.5, 0.6) is 17.2 Å². The molecule has 0 atom stereocenters. The Bertz CT molecular complexity index is 753. The van der Waals surface area contributed by atoms with Gasteiger partial charge in [0.1, 0.15) is 5.82 Å². The molecule has 0 radical (unpaired) electrons. The molecule has 0 aromatic heterocycles. The number of carbonyl (C=O) groups excluding carboxylic acids is 1. The van der Waals surface area contributed by atoms with E-state index in [4.69, 9.17) is 19.9 Å². The first-order chi connectivity index (χ1) is 12.5. The molecular formula is C19H23FN2O4. The van der Waals surface area contributed by atoms with Crippen LogP contribution in [0.1, 0.15) is 31.1 Å². The molecule has 26 heavy (non-hydrogen) atoms. The second kappa shape index (κ2) is 8.94. The number of hydrogen-bond donors (Lipinski definition) is 2. The molecule has 2 aromatic rings. The van der Waals surface area contributed by atoms with Crippen LogP contribution in [0.25, 0.3) is 0 Å². The lowest BCUT2D eigenvalue weighted by molar-refractivity contribution is 0.102. The first-order valence-electron chi connectivity index (χ1n) is 8.42. The molecule has 1 amide bonds. The summed E-state index contributed by atoms with van der Waals surface area (Å²) in [6.07, 6.45) is 0. The van der Waals surface area contributed by atoms with E-state index in [0.717, 1.165) is 0 Å². The lowest BCUT2D eigenvalue weighted by atomic mass is 10.1. The van der Waals surface area contributed by atoms with Crippen molar-refractivity contribution in [1.29, 1.82) is 0 Å². The number of hydrogen-bond acceptors (Lipinski definition) is 5. The van der Waals surface area contributed by atoms with Gasteiger partial charge >= 0.3 is 0 Å². The summed E-state index contributed by atoms with van der Waals surface area (Å²) in [4.78, 5) is 12.6. The molecule has 0 saturated carbocycles. The summed E-state index contributed by atoms with van der Waals surface area (Å²) in [5.41, 5.74) is 6.20. The van der Waals surface area contributed by atoms with Gasteiger partial charge in [-0.05, 0) is 51.1 Å². The van der Waals surface area contributed by atoms with E-state index in [1.165, 1.54) is 18.2 Å². The monoisotopic (exact) mass is 362 g/mol. The number of amides is 1. The Labute approximate surface area is 152 Å². The number of benzene rings is 2. The standard InChI is InChI=1S/C19H23FN2O4/c1-4-24-16-9-12(10-17(25-5-2)18(16)26-6-3)19(23)22-13-7-8-14(20)15(21)11-13/h7-11H,4-6,21H2,1-3H3,(H,22,23). The number of rotatable bonds is 8. The van der Waals surface area contributed by atoms with Crippen molar-refractivity contribution in [3.63, 3.8) is 0 Å².